The van der Waals surface area contributed by atoms with Crippen LogP contribution in [0.25, 0.3) is 16.9 Å². The Morgan fingerprint density at radius 2 is 1.69 bits per heavy atom. The fourth-order valence-corrected chi connectivity index (χ4v) is 3.07. The summed E-state index contributed by atoms with van der Waals surface area (Å²) in [5.74, 6) is -0.0439. The maximum absolute atomic E-state index is 13.1. The lowest BCUT2D eigenvalue weighted by molar-refractivity contribution is -0.141. The molecule has 1 N–H and O–H groups in total. The van der Waals surface area contributed by atoms with Crippen molar-refractivity contribution in [2.45, 2.75) is 11.1 Å². The van der Waals surface area contributed by atoms with Gasteiger partial charge < -0.3 is 5.11 Å². The monoisotopic (exact) mass is 382 g/mol. The highest BCUT2D eigenvalue weighted by Crippen LogP contribution is 2.34. The van der Waals surface area contributed by atoms with Crippen LogP contribution < -0.4 is 0 Å². The number of rotatable bonds is 3. The Morgan fingerprint density at radius 1 is 1.04 bits per heavy atom. The molecule has 0 radical (unpaired) electrons. The Kier molecular flexibility index (Phi) is 4.27. The molecule has 3 aromatic rings. The number of hydrogen-bond donors (Lipinski definition) is 1. The van der Waals surface area contributed by atoms with Crippen LogP contribution in [0.3, 0.4) is 0 Å². The molecule has 0 unspecified atom stereocenters. The molecule has 0 aliphatic heterocycles. The van der Waals surface area contributed by atoms with E-state index in [9.17, 15) is 26.7 Å². The van der Waals surface area contributed by atoms with Gasteiger partial charge in [0, 0.05) is 11.8 Å². The van der Waals surface area contributed by atoms with E-state index in [1.807, 2.05) is 0 Å². The maximum atomic E-state index is 13.1. The van der Waals surface area contributed by atoms with Crippen LogP contribution >= 0.6 is 0 Å². The van der Waals surface area contributed by atoms with Crippen LogP contribution in [-0.2, 0) is 16.0 Å². The third-order valence-corrected chi connectivity index (χ3v) is 4.76. The number of hydrogen-bond acceptors (Lipinski definition) is 4. The molecule has 1 aromatic heterocycles. The molecule has 0 aliphatic rings. The topological polar surface area (TPSA) is 72.2 Å². The minimum atomic E-state index is -4.66. The molecule has 0 aliphatic carbocycles. The van der Waals surface area contributed by atoms with Gasteiger partial charge in [0.15, 0.2) is 15.5 Å². The summed E-state index contributed by atoms with van der Waals surface area (Å²) in [4.78, 5) is -0.0120. The molecule has 0 bridgehead atoms. The van der Waals surface area contributed by atoms with Crippen molar-refractivity contribution in [1.82, 2.24) is 9.78 Å². The number of benzene rings is 2. The number of sulfone groups is 1. The number of phenols is 1. The van der Waals surface area contributed by atoms with Crippen molar-refractivity contribution >= 4 is 9.84 Å². The Labute approximate surface area is 147 Å². The van der Waals surface area contributed by atoms with Crippen molar-refractivity contribution in [3.05, 3.63) is 60.3 Å². The van der Waals surface area contributed by atoms with Gasteiger partial charge >= 0.3 is 6.18 Å². The summed E-state index contributed by atoms with van der Waals surface area (Å²) in [6, 6.07) is 11.9. The summed E-state index contributed by atoms with van der Waals surface area (Å²) in [6.45, 7) is 0. The third kappa shape index (κ3) is 3.57. The number of phenolic OH excluding ortho intramolecular Hbond substituents is 1. The molecule has 0 amide bonds. The first-order chi connectivity index (χ1) is 12.1. The predicted octanol–water partition coefficient (Wildman–Crippen LogP) is 3.67. The molecule has 26 heavy (non-hydrogen) atoms. The van der Waals surface area contributed by atoms with E-state index >= 15 is 0 Å². The average molecular weight is 382 g/mol. The van der Waals surface area contributed by atoms with Gasteiger partial charge in [-0.15, -0.1) is 0 Å². The molecule has 0 atom stereocenters. The highest BCUT2D eigenvalue weighted by atomic mass is 32.2. The largest absolute Gasteiger partial charge is 0.508 e. The summed E-state index contributed by atoms with van der Waals surface area (Å²) >= 11 is 0. The van der Waals surface area contributed by atoms with E-state index in [1.54, 1.807) is 0 Å². The van der Waals surface area contributed by atoms with Crippen molar-refractivity contribution in [2.24, 2.45) is 0 Å². The summed E-state index contributed by atoms with van der Waals surface area (Å²) in [7, 11) is -3.52. The van der Waals surface area contributed by atoms with Gasteiger partial charge in [-0.3, -0.25) is 0 Å². The first-order valence-corrected chi connectivity index (χ1v) is 9.22. The summed E-state index contributed by atoms with van der Waals surface area (Å²) in [6.07, 6.45) is -3.64. The SMILES string of the molecule is CS(=O)(=O)c1cccc(-c2cc(C(F)(F)F)nn2-c2ccc(O)cc2)c1. The van der Waals surface area contributed by atoms with E-state index in [-0.39, 0.29) is 27.6 Å². The standard InChI is InChI=1S/C17H13F3N2O3S/c1-26(24,25)14-4-2-3-11(9-14)15-10-16(17(18,19)20)21-22(15)12-5-7-13(23)8-6-12/h2-10,23H,1H3. The molecule has 0 fully saturated rings. The van der Waals surface area contributed by atoms with E-state index in [0.717, 1.165) is 17.0 Å². The molecule has 2 aromatic carbocycles. The van der Waals surface area contributed by atoms with Crippen molar-refractivity contribution in [1.29, 1.82) is 0 Å². The Hall–Kier alpha value is -2.81. The fraction of sp³-hybridized carbons (Fsp3) is 0.118. The third-order valence-electron chi connectivity index (χ3n) is 3.65. The highest BCUT2D eigenvalue weighted by Gasteiger charge is 2.35. The van der Waals surface area contributed by atoms with Crippen LogP contribution in [0.1, 0.15) is 5.69 Å². The lowest BCUT2D eigenvalue weighted by Gasteiger charge is -2.09. The average Bonchev–Trinajstić information content (AvgIpc) is 3.00. The van der Waals surface area contributed by atoms with Crippen molar-refractivity contribution in [3.63, 3.8) is 0 Å². The van der Waals surface area contributed by atoms with Crippen molar-refractivity contribution in [3.8, 4) is 22.7 Å². The van der Waals surface area contributed by atoms with Gasteiger partial charge in [0.05, 0.1) is 16.3 Å². The maximum Gasteiger partial charge on any atom is 0.435 e. The first kappa shape index (κ1) is 18.0. The molecule has 9 heteroatoms. The van der Waals surface area contributed by atoms with Crippen molar-refractivity contribution in [2.75, 3.05) is 6.26 Å². The van der Waals surface area contributed by atoms with Gasteiger partial charge in [-0.2, -0.15) is 18.3 Å². The molecule has 0 spiro atoms. The van der Waals surface area contributed by atoms with Gasteiger partial charge in [-0.25, -0.2) is 13.1 Å². The Balaban J connectivity index is 2.23. The molecule has 5 nitrogen and oxygen atoms in total. The molecule has 3 rings (SSSR count). The van der Waals surface area contributed by atoms with Crippen LogP contribution in [0.2, 0.25) is 0 Å². The zero-order valence-corrected chi connectivity index (χ0v) is 14.2. The lowest BCUT2D eigenvalue weighted by Crippen LogP contribution is -2.07. The summed E-state index contributed by atoms with van der Waals surface area (Å²) < 4.78 is 63.9. The minimum Gasteiger partial charge on any atom is -0.508 e. The van der Waals surface area contributed by atoms with Crippen LogP contribution in [0.5, 0.6) is 5.75 Å². The zero-order valence-electron chi connectivity index (χ0n) is 13.4. The second-order valence-corrected chi connectivity index (χ2v) is 7.66. The molecular formula is C17H13F3N2O3S. The Bertz CT molecular complexity index is 1060. The quantitative estimate of drug-likeness (QED) is 0.750. The normalized spacial score (nSPS) is 12.3. The summed E-state index contributed by atoms with van der Waals surface area (Å²) in [5, 5.41) is 13.0. The molecule has 1 heterocycles. The fourth-order valence-electron chi connectivity index (χ4n) is 2.40. The second-order valence-electron chi connectivity index (χ2n) is 5.64. The minimum absolute atomic E-state index is 0.0120. The predicted molar refractivity (Wildman–Crippen MR) is 88.8 cm³/mol. The number of aromatic nitrogens is 2. The van der Waals surface area contributed by atoms with E-state index < -0.39 is 21.7 Å². The first-order valence-electron chi connectivity index (χ1n) is 7.33. The number of alkyl halides is 3. The van der Waals surface area contributed by atoms with Gasteiger partial charge in [0.2, 0.25) is 0 Å². The van der Waals surface area contributed by atoms with Crippen LogP contribution in [-0.4, -0.2) is 29.6 Å². The van der Waals surface area contributed by atoms with Gasteiger partial charge in [-0.1, -0.05) is 12.1 Å². The van der Waals surface area contributed by atoms with Crippen LogP contribution in [0, 0.1) is 0 Å². The van der Waals surface area contributed by atoms with Crippen LogP contribution in [0.4, 0.5) is 13.2 Å². The van der Waals surface area contributed by atoms with Gasteiger partial charge in [-0.05, 0) is 42.5 Å². The highest BCUT2D eigenvalue weighted by molar-refractivity contribution is 7.90. The van der Waals surface area contributed by atoms with E-state index in [4.69, 9.17) is 0 Å². The number of halogens is 3. The molecule has 136 valence electrons. The molecule has 0 saturated carbocycles. The number of aromatic hydroxyl groups is 1. The van der Waals surface area contributed by atoms with Gasteiger partial charge in [0.25, 0.3) is 0 Å². The van der Waals surface area contributed by atoms with Crippen molar-refractivity contribution < 1.29 is 26.7 Å². The second kappa shape index (κ2) is 6.17. The zero-order chi connectivity index (χ0) is 19.1. The smallest absolute Gasteiger partial charge is 0.435 e. The lowest BCUT2D eigenvalue weighted by atomic mass is 10.1. The Morgan fingerprint density at radius 3 is 2.27 bits per heavy atom. The van der Waals surface area contributed by atoms with E-state index in [0.29, 0.717) is 0 Å². The van der Waals surface area contributed by atoms with Gasteiger partial charge in [0.1, 0.15) is 5.75 Å². The van der Waals surface area contributed by atoms with Crippen LogP contribution in [0.15, 0.2) is 59.5 Å². The molecular weight excluding hydrogens is 369 g/mol. The van der Waals surface area contributed by atoms with E-state index in [2.05, 4.69) is 5.10 Å². The number of nitrogens with zero attached hydrogens (tertiary/aromatic N) is 2. The molecule has 0 saturated heterocycles. The van der Waals surface area contributed by atoms with E-state index in [1.165, 1.54) is 48.5 Å². The summed E-state index contributed by atoms with van der Waals surface area (Å²) in [5.41, 5.74) is -0.471.